The molecule has 0 aliphatic heterocycles. The molecule has 1 aromatic rings. The second-order valence-corrected chi connectivity index (χ2v) is 2.64. The summed E-state index contributed by atoms with van der Waals surface area (Å²) in [4.78, 5) is 0. The van der Waals surface area contributed by atoms with Gasteiger partial charge in [-0.05, 0) is 24.0 Å². The molecule has 1 rings (SSSR count). The maximum atomic E-state index is 8.65. The Kier molecular flexibility index (Phi) is 10.7. The summed E-state index contributed by atoms with van der Waals surface area (Å²) in [5, 5.41) is 8.65. The van der Waals surface area contributed by atoms with E-state index >= 15 is 0 Å². The summed E-state index contributed by atoms with van der Waals surface area (Å²) >= 11 is 0. The van der Waals surface area contributed by atoms with Gasteiger partial charge in [-0.2, -0.15) is 0 Å². The van der Waals surface area contributed by atoms with Crippen LogP contribution in [-0.4, -0.2) is 11.7 Å². The average molecular weight is 254 g/mol. The fourth-order valence-corrected chi connectivity index (χ4v) is 1.07. The molecule has 1 radical (unpaired) electrons. The van der Waals surface area contributed by atoms with Gasteiger partial charge in [0.25, 0.3) is 0 Å². The van der Waals surface area contributed by atoms with Gasteiger partial charge >= 0.3 is 0 Å². The Morgan fingerprint density at radius 3 is 1.92 bits per heavy atom. The van der Waals surface area contributed by atoms with Gasteiger partial charge in [-0.3, -0.25) is 0 Å². The van der Waals surface area contributed by atoms with E-state index < -0.39 is 0 Å². The predicted molar refractivity (Wildman–Crippen MR) is 53.0 cm³/mol. The quantitative estimate of drug-likeness (QED) is 0.820. The summed E-state index contributed by atoms with van der Waals surface area (Å²) in [5.41, 5.74) is 2.57. The number of rotatable bonds is 3. The van der Waals surface area contributed by atoms with E-state index in [-0.39, 0.29) is 46.7 Å². The van der Waals surface area contributed by atoms with Crippen molar-refractivity contribution in [3.63, 3.8) is 0 Å². The van der Waals surface area contributed by atoms with Crippen molar-refractivity contribution in [3.05, 3.63) is 42.8 Å². The molecule has 0 amide bonds. The Balaban J connectivity index is 0. The number of hydrogen-bond acceptors (Lipinski definition) is 1. The number of aryl methyl sites for hydroxylation is 1. The SMILES string of the molecule is CCc1ccc(CCO)cc1.[CH3-].[Y]. The minimum Gasteiger partial charge on any atom is -0.396 e. The fraction of sp³-hybridized carbons (Fsp3) is 0.364. The molecular formula is C11H17OY-. The minimum atomic E-state index is 0. The second-order valence-electron chi connectivity index (χ2n) is 2.64. The van der Waals surface area contributed by atoms with Crippen LogP contribution < -0.4 is 0 Å². The third-order valence-corrected chi connectivity index (χ3v) is 1.83. The molecule has 1 nitrogen and oxygen atoms in total. The Bertz CT molecular complexity index is 206. The summed E-state index contributed by atoms with van der Waals surface area (Å²) in [6, 6.07) is 8.39. The van der Waals surface area contributed by atoms with Gasteiger partial charge in [0.05, 0.1) is 0 Å². The van der Waals surface area contributed by atoms with E-state index in [0.717, 1.165) is 12.8 Å². The van der Waals surface area contributed by atoms with Crippen LogP contribution in [0.2, 0.25) is 0 Å². The third-order valence-electron chi connectivity index (χ3n) is 1.83. The molecular weight excluding hydrogens is 237 g/mol. The zero-order chi connectivity index (χ0) is 8.10. The zero-order valence-corrected chi connectivity index (χ0v) is 11.3. The van der Waals surface area contributed by atoms with Crippen LogP contribution in [0.5, 0.6) is 0 Å². The van der Waals surface area contributed by atoms with Crippen molar-refractivity contribution in [2.45, 2.75) is 19.8 Å². The van der Waals surface area contributed by atoms with Gasteiger partial charge < -0.3 is 12.5 Å². The topological polar surface area (TPSA) is 20.2 Å². The number of aliphatic hydroxyl groups excluding tert-OH is 1. The molecule has 13 heavy (non-hydrogen) atoms. The summed E-state index contributed by atoms with van der Waals surface area (Å²) in [5.74, 6) is 0. The molecule has 0 unspecified atom stereocenters. The van der Waals surface area contributed by atoms with Crippen molar-refractivity contribution in [2.24, 2.45) is 0 Å². The molecule has 0 saturated heterocycles. The first-order chi connectivity index (χ1) is 5.36. The molecule has 0 heterocycles. The predicted octanol–water partition coefficient (Wildman–Crippen LogP) is 2.23. The molecule has 1 N–H and O–H groups in total. The summed E-state index contributed by atoms with van der Waals surface area (Å²) in [6.45, 7) is 2.38. The van der Waals surface area contributed by atoms with E-state index in [4.69, 9.17) is 5.11 Å². The standard InChI is InChI=1S/C10H14O.CH3.Y/c1-2-9-3-5-10(6-4-9)7-8-11;;/h3-6,11H,2,7-8H2,1H3;1H3;/q;-1;. The van der Waals surface area contributed by atoms with Crippen molar-refractivity contribution < 1.29 is 37.8 Å². The van der Waals surface area contributed by atoms with Crippen LogP contribution in [-0.2, 0) is 45.6 Å². The van der Waals surface area contributed by atoms with E-state index in [1.165, 1.54) is 11.1 Å². The minimum absolute atomic E-state index is 0. The molecule has 1 aromatic carbocycles. The van der Waals surface area contributed by atoms with E-state index in [2.05, 4.69) is 31.2 Å². The number of aliphatic hydroxyl groups is 1. The molecule has 0 aliphatic rings. The van der Waals surface area contributed by atoms with Crippen molar-refractivity contribution in [3.8, 4) is 0 Å². The third kappa shape index (κ3) is 5.56. The molecule has 0 aliphatic carbocycles. The molecule has 0 fully saturated rings. The van der Waals surface area contributed by atoms with Gasteiger partial charge in [0.15, 0.2) is 0 Å². The van der Waals surface area contributed by atoms with E-state index in [0.29, 0.717) is 0 Å². The van der Waals surface area contributed by atoms with Crippen LogP contribution >= 0.6 is 0 Å². The Morgan fingerprint density at radius 2 is 1.54 bits per heavy atom. The first-order valence-corrected chi connectivity index (χ1v) is 4.05. The molecule has 0 saturated carbocycles. The maximum Gasteiger partial charge on any atom is 0.0471 e. The van der Waals surface area contributed by atoms with Crippen LogP contribution in [0.4, 0.5) is 0 Å². The second kappa shape index (κ2) is 8.86. The molecule has 0 atom stereocenters. The molecule has 0 aromatic heterocycles. The van der Waals surface area contributed by atoms with E-state index in [1.807, 2.05) is 0 Å². The molecule has 0 spiro atoms. The van der Waals surface area contributed by atoms with Crippen LogP contribution in [0, 0.1) is 7.43 Å². The van der Waals surface area contributed by atoms with Gasteiger partial charge in [-0.1, -0.05) is 31.2 Å². The Labute approximate surface area is 106 Å². The van der Waals surface area contributed by atoms with Crippen molar-refractivity contribution in [2.75, 3.05) is 6.61 Å². The van der Waals surface area contributed by atoms with Crippen molar-refractivity contribution >= 4 is 0 Å². The normalized spacial score (nSPS) is 8.46. The van der Waals surface area contributed by atoms with E-state index in [9.17, 15) is 0 Å². The number of hydrogen-bond donors (Lipinski definition) is 1. The van der Waals surface area contributed by atoms with E-state index in [1.54, 1.807) is 0 Å². The van der Waals surface area contributed by atoms with Crippen LogP contribution in [0.1, 0.15) is 18.1 Å². The number of benzene rings is 1. The Morgan fingerprint density at radius 1 is 1.08 bits per heavy atom. The fourth-order valence-electron chi connectivity index (χ4n) is 1.07. The van der Waals surface area contributed by atoms with Crippen LogP contribution in [0.15, 0.2) is 24.3 Å². The first-order valence-electron chi connectivity index (χ1n) is 4.05. The first kappa shape index (κ1) is 15.7. The zero-order valence-electron chi connectivity index (χ0n) is 8.46. The van der Waals surface area contributed by atoms with Gasteiger partial charge in [0.2, 0.25) is 0 Å². The molecule has 0 bridgehead atoms. The maximum absolute atomic E-state index is 8.65. The average Bonchev–Trinajstić information content (AvgIpc) is 2.07. The van der Waals surface area contributed by atoms with Crippen molar-refractivity contribution in [1.29, 1.82) is 0 Å². The Hall–Kier alpha value is 0.284. The van der Waals surface area contributed by atoms with Gasteiger partial charge in [0.1, 0.15) is 0 Å². The smallest absolute Gasteiger partial charge is 0.0471 e. The summed E-state index contributed by atoms with van der Waals surface area (Å²) in [6.07, 6.45) is 1.85. The van der Waals surface area contributed by atoms with Gasteiger partial charge in [-0.25, -0.2) is 0 Å². The van der Waals surface area contributed by atoms with Gasteiger partial charge in [0, 0.05) is 39.3 Å². The van der Waals surface area contributed by atoms with Crippen LogP contribution in [0.3, 0.4) is 0 Å². The largest absolute Gasteiger partial charge is 0.396 e. The van der Waals surface area contributed by atoms with Crippen LogP contribution in [0.25, 0.3) is 0 Å². The summed E-state index contributed by atoms with van der Waals surface area (Å²) < 4.78 is 0. The summed E-state index contributed by atoms with van der Waals surface area (Å²) in [7, 11) is 0. The van der Waals surface area contributed by atoms with Gasteiger partial charge in [-0.15, -0.1) is 0 Å². The molecule has 71 valence electrons. The molecule has 2 heteroatoms. The monoisotopic (exact) mass is 254 g/mol. The van der Waals surface area contributed by atoms with Crippen molar-refractivity contribution in [1.82, 2.24) is 0 Å².